The molecule has 0 saturated carbocycles. The summed E-state index contributed by atoms with van der Waals surface area (Å²) in [6.45, 7) is 5.34. The van der Waals surface area contributed by atoms with Crippen molar-refractivity contribution in [2.75, 3.05) is 5.32 Å². The molecule has 0 spiro atoms. The molecule has 172 valence electrons. The normalized spacial score (nSPS) is 15.8. The molecule has 33 heavy (non-hydrogen) atoms. The number of hydrogen-bond acceptors (Lipinski definition) is 2. The van der Waals surface area contributed by atoms with E-state index in [-0.39, 0.29) is 31.6 Å². The Balaban J connectivity index is 1.92. The molecule has 4 N–H and O–H groups in total. The predicted octanol–water partition coefficient (Wildman–Crippen LogP) is 4.96. The summed E-state index contributed by atoms with van der Waals surface area (Å²) < 4.78 is 40.2. The number of amides is 2. The number of nitrogens with two attached hydrogens (primary N) is 1. The van der Waals surface area contributed by atoms with Crippen molar-refractivity contribution in [3.05, 3.63) is 65.4 Å². The molecule has 0 aliphatic heterocycles. The first-order valence-electron chi connectivity index (χ1n) is 10.6. The lowest BCUT2D eigenvalue weighted by Gasteiger charge is -2.24. The highest BCUT2D eigenvalue weighted by atomic mass is 19.4. The summed E-state index contributed by atoms with van der Waals surface area (Å²) >= 11 is 0. The summed E-state index contributed by atoms with van der Waals surface area (Å²) in [5, 5.41) is 3.59. The number of anilines is 1. The monoisotopic (exact) mass is 455 g/mol. The van der Waals surface area contributed by atoms with Gasteiger partial charge in [-0.05, 0) is 66.1 Å². The standard InChI is InChI=1S/C25H24F3N3O2/c1-3-22(33)30-19-6-4-5-16(13(19)2)17-9-7-14(11-21(29)32)24-23(17)18-10-8-15(25(26,27)28)12-20(18)31-24/h3-7,9,15,31H,1,8,10-12H2,2H3,(H2,29,32)(H,30,33). The lowest BCUT2D eigenvalue weighted by Crippen LogP contribution is -2.28. The van der Waals surface area contributed by atoms with Crippen molar-refractivity contribution in [1.29, 1.82) is 0 Å². The molecule has 1 aliphatic carbocycles. The van der Waals surface area contributed by atoms with Gasteiger partial charge in [0.2, 0.25) is 11.8 Å². The zero-order chi connectivity index (χ0) is 23.9. The second-order valence-electron chi connectivity index (χ2n) is 8.40. The van der Waals surface area contributed by atoms with Crippen molar-refractivity contribution in [3.63, 3.8) is 0 Å². The van der Waals surface area contributed by atoms with E-state index in [1.54, 1.807) is 12.1 Å². The molecule has 1 unspecified atom stereocenters. The summed E-state index contributed by atoms with van der Waals surface area (Å²) in [5.41, 5.74) is 11.2. The first kappa shape index (κ1) is 22.6. The maximum atomic E-state index is 13.4. The Bertz CT molecular complexity index is 1270. The van der Waals surface area contributed by atoms with Crippen molar-refractivity contribution in [2.45, 2.75) is 38.8 Å². The maximum Gasteiger partial charge on any atom is 0.392 e. The van der Waals surface area contributed by atoms with Gasteiger partial charge in [0.25, 0.3) is 0 Å². The number of alkyl halides is 3. The van der Waals surface area contributed by atoms with Gasteiger partial charge in [-0.3, -0.25) is 9.59 Å². The number of benzene rings is 2. The quantitative estimate of drug-likeness (QED) is 0.475. The minimum Gasteiger partial charge on any atom is -0.369 e. The van der Waals surface area contributed by atoms with Crippen LogP contribution in [0.3, 0.4) is 0 Å². The maximum absolute atomic E-state index is 13.4. The van der Waals surface area contributed by atoms with Crippen LogP contribution in [0.2, 0.25) is 0 Å². The molecular weight excluding hydrogens is 431 g/mol. The Hall–Kier alpha value is -3.55. The lowest BCUT2D eigenvalue weighted by atomic mass is 9.84. The smallest absolute Gasteiger partial charge is 0.369 e. The fourth-order valence-electron chi connectivity index (χ4n) is 4.68. The largest absolute Gasteiger partial charge is 0.392 e. The van der Waals surface area contributed by atoms with Gasteiger partial charge in [-0.1, -0.05) is 30.8 Å². The molecule has 2 amide bonds. The average molecular weight is 455 g/mol. The summed E-state index contributed by atoms with van der Waals surface area (Å²) in [5.74, 6) is -2.26. The van der Waals surface area contributed by atoms with Crippen LogP contribution in [0.4, 0.5) is 18.9 Å². The van der Waals surface area contributed by atoms with Crippen LogP contribution in [-0.2, 0) is 28.9 Å². The Morgan fingerprint density at radius 1 is 1.24 bits per heavy atom. The first-order chi connectivity index (χ1) is 15.6. The molecule has 1 atom stereocenters. The minimum atomic E-state index is -4.26. The van der Waals surface area contributed by atoms with Crippen molar-refractivity contribution < 1.29 is 22.8 Å². The number of primary amides is 1. The Morgan fingerprint density at radius 3 is 2.67 bits per heavy atom. The van der Waals surface area contributed by atoms with E-state index >= 15 is 0 Å². The fourth-order valence-corrected chi connectivity index (χ4v) is 4.68. The van der Waals surface area contributed by atoms with Crippen molar-refractivity contribution in [3.8, 4) is 11.1 Å². The van der Waals surface area contributed by atoms with E-state index in [0.717, 1.165) is 27.6 Å². The predicted molar refractivity (Wildman–Crippen MR) is 122 cm³/mol. The van der Waals surface area contributed by atoms with Crippen LogP contribution < -0.4 is 11.1 Å². The number of carbonyl (C=O) groups excluding carboxylic acids is 2. The highest BCUT2D eigenvalue weighted by Gasteiger charge is 2.42. The molecular formula is C25H24F3N3O2. The molecule has 1 aliphatic rings. The number of H-pyrrole nitrogens is 1. The van der Waals surface area contributed by atoms with Gasteiger partial charge in [0, 0.05) is 16.8 Å². The Kier molecular flexibility index (Phi) is 5.78. The average Bonchev–Trinajstić information content (AvgIpc) is 3.14. The third kappa shape index (κ3) is 4.25. The number of fused-ring (bicyclic) bond motifs is 3. The SMILES string of the molecule is C=CC(=O)Nc1cccc(-c2ccc(CC(N)=O)c3[nH]c4c(c23)CCC(C(F)(F)F)C4)c1C. The summed E-state index contributed by atoms with van der Waals surface area (Å²) in [4.78, 5) is 26.7. The summed E-state index contributed by atoms with van der Waals surface area (Å²) in [7, 11) is 0. The zero-order valence-electron chi connectivity index (χ0n) is 18.1. The first-order valence-corrected chi connectivity index (χ1v) is 10.6. The number of aromatic amines is 1. The van der Waals surface area contributed by atoms with Crippen LogP contribution >= 0.6 is 0 Å². The molecule has 3 aromatic rings. The van der Waals surface area contributed by atoms with Crippen molar-refractivity contribution >= 4 is 28.4 Å². The number of rotatable bonds is 5. The van der Waals surface area contributed by atoms with Gasteiger partial charge in [0.15, 0.2) is 0 Å². The number of nitrogens with one attached hydrogen (secondary N) is 2. The van der Waals surface area contributed by atoms with Crippen LogP contribution in [0.1, 0.15) is 28.8 Å². The number of aryl methyl sites for hydroxylation is 1. The van der Waals surface area contributed by atoms with Crippen LogP contribution in [-0.4, -0.2) is 23.0 Å². The number of carbonyl (C=O) groups is 2. The number of aromatic nitrogens is 1. The lowest BCUT2D eigenvalue weighted by molar-refractivity contribution is -0.177. The zero-order valence-corrected chi connectivity index (χ0v) is 18.1. The van der Waals surface area contributed by atoms with Gasteiger partial charge < -0.3 is 16.0 Å². The van der Waals surface area contributed by atoms with E-state index in [1.807, 2.05) is 25.1 Å². The molecule has 5 nitrogen and oxygen atoms in total. The highest BCUT2D eigenvalue weighted by Crippen LogP contribution is 2.43. The van der Waals surface area contributed by atoms with Gasteiger partial charge >= 0.3 is 6.18 Å². The van der Waals surface area contributed by atoms with Crippen LogP contribution in [0.25, 0.3) is 22.0 Å². The molecule has 0 saturated heterocycles. The number of halogens is 3. The fraction of sp³-hybridized carbons (Fsp3) is 0.280. The van der Waals surface area contributed by atoms with Crippen molar-refractivity contribution in [2.24, 2.45) is 11.7 Å². The van der Waals surface area contributed by atoms with Gasteiger partial charge in [-0.25, -0.2) is 0 Å². The Morgan fingerprint density at radius 2 is 2.00 bits per heavy atom. The molecule has 0 radical (unpaired) electrons. The molecule has 8 heteroatoms. The topological polar surface area (TPSA) is 88.0 Å². The van der Waals surface area contributed by atoms with Crippen molar-refractivity contribution in [1.82, 2.24) is 4.98 Å². The molecule has 1 heterocycles. The van der Waals surface area contributed by atoms with Gasteiger partial charge in [-0.2, -0.15) is 13.2 Å². The van der Waals surface area contributed by atoms with Gasteiger partial charge in [0.1, 0.15) is 0 Å². The third-order valence-corrected chi connectivity index (χ3v) is 6.32. The Labute approximate surface area is 188 Å². The van der Waals surface area contributed by atoms with E-state index in [1.165, 1.54) is 6.08 Å². The van der Waals surface area contributed by atoms with Crippen LogP contribution in [0, 0.1) is 12.8 Å². The molecule has 0 bridgehead atoms. The molecule has 0 fully saturated rings. The van der Waals surface area contributed by atoms with E-state index in [9.17, 15) is 22.8 Å². The van der Waals surface area contributed by atoms with Crippen LogP contribution in [0.15, 0.2) is 43.0 Å². The minimum absolute atomic E-state index is 0.0113. The van der Waals surface area contributed by atoms with Gasteiger partial charge in [-0.15, -0.1) is 0 Å². The second kappa shape index (κ2) is 8.42. The summed E-state index contributed by atoms with van der Waals surface area (Å²) in [6.07, 6.45) is -2.94. The highest BCUT2D eigenvalue weighted by molar-refractivity contribution is 6.04. The molecule has 1 aromatic heterocycles. The molecule has 4 rings (SSSR count). The molecule has 2 aromatic carbocycles. The van der Waals surface area contributed by atoms with E-state index in [2.05, 4.69) is 16.9 Å². The third-order valence-electron chi connectivity index (χ3n) is 6.32. The van der Waals surface area contributed by atoms with E-state index in [0.29, 0.717) is 22.5 Å². The van der Waals surface area contributed by atoms with Crippen LogP contribution in [0.5, 0.6) is 0 Å². The summed E-state index contributed by atoms with van der Waals surface area (Å²) in [6, 6.07) is 9.14. The second-order valence-corrected chi connectivity index (χ2v) is 8.40. The van der Waals surface area contributed by atoms with E-state index < -0.39 is 18.0 Å². The van der Waals surface area contributed by atoms with Gasteiger partial charge in [0.05, 0.1) is 17.9 Å². The number of hydrogen-bond donors (Lipinski definition) is 3. The van der Waals surface area contributed by atoms with E-state index in [4.69, 9.17) is 5.73 Å².